The highest BCUT2D eigenvalue weighted by molar-refractivity contribution is 5.99. The summed E-state index contributed by atoms with van der Waals surface area (Å²) in [4.78, 5) is 3.07. The van der Waals surface area contributed by atoms with Crippen molar-refractivity contribution >= 4 is 22.8 Å². The van der Waals surface area contributed by atoms with Crippen LogP contribution in [0.1, 0.15) is 11.1 Å². The predicted octanol–water partition coefficient (Wildman–Crippen LogP) is 4.63. The van der Waals surface area contributed by atoms with Crippen molar-refractivity contribution in [3.8, 4) is 0 Å². The average Bonchev–Trinajstić information content (AvgIpc) is 2.90. The number of nitrogens with zero attached hydrogens (tertiary/aromatic N) is 1. The highest BCUT2D eigenvalue weighted by atomic mass is 19.4. The van der Waals surface area contributed by atoms with Crippen LogP contribution in [0.3, 0.4) is 0 Å². The van der Waals surface area contributed by atoms with Crippen molar-refractivity contribution in [2.75, 3.05) is 5.43 Å². The molecule has 0 radical (unpaired) electrons. The normalized spacial score (nSPS) is 12.1. The quantitative estimate of drug-likeness (QED) is 0.537. The van der Waals surface area contributed by atoms with Gasteiger partial charge in [-0.15, -0.1) is 0 Å². The number of hydrazone groups is 1. The van der Waals surface area contributed by atoms with Crippen LogP contribution in [0.25, 0.3) is 10.9 Å². The van der Waals surface area contributed by atoms with Gasteiger partial charge in [-0.1, -0.05) is 30.3 Å². The van der Waals surface area contributed by atoms with Crippen molar-refractivity contribution in [3.63, 3.8) is 0 Å². The van der Waals surface area contributed by atoms with E-state index in [1.807, 2.05) is 24.3 Å². The zero-order chi connectivity index (χ0) is 15.6. The molecule has 0 aliphatic heterocycles. The first-order valence-corrected chi connectivity index (χ1v) is 6.57. The van der Waals surface area contributed by atoms with Crippen LogP contribution in [0.15, 0.2) is 59.8 Å². The maximum atomic E-state index is 12.9. The molecule has 0 aliphatic rings. The number of aromatic nitrogens is 1. The van der Waals surface area contributed by atoms with Crippen LogP contribution in [0.4, 0.5) is 18.9 Å². The van der Waals surface area contributed by atoms with Crippen LogP contribution in [-0.2, 0) is 6.18 Å². The molecule has 1 heterocycles. The number of anilines is 1. The molecule has 0 fully saturated rings. The Balaban J connectivity index is 1.84. The summed E-state index contributed by atoms with van der Waals surface area (Å²) >= 11 is 0. The average molecular weight is 303 g/mol. The maximum Gasteiger partial charge on any atom is 0.418 e. The van der Waals surface area contributed by atoms with Crippen molar-refractivity contribution in [2.24, 2.45) is 5.10 Å². The van der Waals surface area contributed by atoms with E-state index in [0.717, 1.165) is 22.5 Å². The number of para-hydroxylation sites is 2. The Labute approximate surface area is 124 Å². The molecule has 2 N–H and O–H groups in total. The van der Waals surface area contributed by atoms with Gasteiger partial charge in [-0.05, 0) is 18.2 Å². The smallest absolute Gasteiger partial charge is 0.361 e. The van der Waals surface area contributed by atoms with Crippen molar-refractivity contribution in [3.05, 3.63) is 65.9 Å². The summed E-state index contributed by atoms with van der Waals surface area (Å²) in [5, 5.41) is 4.87. The standard InChI is InChI=1S/C16H12F3N3/c17-16(18,19)13-6-2-4-8-15(13)22-21-10-11-9-20-14-7-3-1-5-12(11)14/h1-10,20,22H/b21-10+. The summed E-state index contributed by atoms with van der Waals surface area (Å²) in [5.74, 6) is 0. The lowest BCUT2D eigenvalue weighted by Crippen LogP contribution is -2.08. The van der Waals surface area contributed by atoms with E-state index in [-0.39, 0.29) is 5.69 Å². The highest BCUT2D eigenvalue weighted by Crippen LogP contribution is 2.34. The molecule has 0 unspecified atom stereocenters. The van der Waals surface area contributed by atoms with E-state index in [1.54, 1.807) is 6.20 Å². The van der Waals surface area contributed by atoms with Crippen LogP contribution < -0.4 is 5.43 Å². The lowest BCUT2D eigenvalue weighted by atomic mass is 10.2. The van der Waals surface area contributed by atoms with E-state index >= 15 is 0 Å². The molecule has 0 amide bonds. The summed E-state index contributed by atoms with van der Waals surface area (Å²) in [6.07, 6.45) is -1.17. The molecule has 3 nitrogen and oxygen atoms in total. The van der Waals surface area contributed by atoms with Gasteiger partial charge >= 0.3 is 6.18 Å². The second-order valence-corrected chi connectivity index (χ2v) is 4.70. The SMILES string of the molecule is FC(F)(F)c1ccccc1N/N=C/c1c[nH]c2ccccc12. The number of hydrogen-bond donors (Lipinski definition) is 2. The molecule has 0 bridgehead atoms. The monoisotopic (exact) mass is 303 g/mol. The number of alkyl halides is 3. The molecular weight excluding hydrogens is 291 g/mol. The topological polar surface area (TPSA) is 40.2 Å². The lowest BCUT2D eigenvalue weighted by molar-refractivity contribution is -0.136. The highest BCUT2D eigenvalue weighted by Gasteiger charge is 2.33. The molecule has 1 aromatic heterocycles. The third kappa shape index (κ3) is 2.81. The van der Waals surface area contributed by atoms with E-state index in [9.17, 15) is 13.2 Å². The summed E-state index contributed by atoms with van der Waals surface area (Å²) in [6, 6.07) is 12.8. The fourth-order valence-electron chi connectivity index (χ4n) is 2.20. The van der Waals surface area contributed by atoms with Gasteiger partial charge in [-0.2, -0.15) is 18.3 Å². The molecule has 22 heavy (non-hydrogen) atoms. The number of H-pyrrole nitrogens is 1. The first-order chi connectivity index (χ1) is 10.6. The molecule has 2 aromatic carbocycles. The first-order valence-electron chi connectivity index (χ1n) is 6.57. The zero-order valence-electron chi connectivity index (χ0n) is 11.4. The van der Waals surface area contributed by atoms with Crippen molar-refractivity contribution in [2.45, 2.75) is 6.18 Å². The number of fused-ring (bicyclic) bond motifs is 1. The van der Waals surface area contributed by atoms with Crippen LogP contribution >= 0.6 is 0 Å². The third-order valence-corrected chi connectivity index (χ3v) is 3.24. The van der Waals surface area contributed by atoms with Gasteiger partial charge in [0.15, 0.2) is 0 Å². The Morgan fingerprint density at radius 1 is 1.00 bits per heavy atom. The van der Waals surface area contributed by atoms with E-state index in [2.05, 4.69) is 15.5 Å². The van der Waals surface area contributed by atoms with Crippen LogP contribution in [0.2, 0.25) is 0 Å². The Morgan fingerprint density at radius 2 is 1.73 bits per heavy atom. The van der Waals surface area contributed by atoms with E-state index < -0.39 is 11.7 Å². The summed E-state index contributed by atoms with van der Waals surface area (Å²) in [6.45, 7) is 0. The second kappa shape index (κ2) is 5.55. The molecule has 0 aliphatic carbocycles. The zero-order valence-corrected chi connectivity index (χ0v) is 11.4. The number of benzene rings is 2. The number of halogens is 3. The molecule has 0 atom stereocenters. The molecule has 0 saturated heterocycles. The lowest BCUT2D eigenvalue weighted by Gasteiger charge is -2.11. The van der Waals surface area contributed by atoms with Crippen molar-refractivity contribution < 1.29 is 13.2 Å². The minimum absolute atomic E-state index is 0.0777. The Bertz CT molecular complexity index is 819. The van der Waals surface area contributed by atoms with Gasteiger partial charge in [-0.3, -0.25) is 5.43 Å². The third-order valence-electron chi connectivity index (χ3n) is 3.24. The van der Waals surface area contributed by atoms with Gasteiger partial charge < -0.3 is 4.98 Å². The van der Waals surface area contributed by atoms with Gasteiger partial charge in [0.05, 0.1) is 17.5 Å². The van der Waals surface area contributed by atoms with Crippen LogP contribution in [-0.4, -0.2) is 11.2 Å². The summed E-state index contributed by atoms with van der Waals surface area (Å²) < 4.78 is 38.6. The fraction of sp³-hybridized carbons (Fsp3) is 0.0625. The minimum atomic E-state index is -4.42. The van der Waals surface area contributed by atoms with Crippen LogP contribution in [0, 0.1) is 0 Å². The van der Waals surface area contributed by atoms with Gasteiger partial charge in [-0.25, -0.2) is 0 Å². The minimum Gasteiger partial charge on any atom is -0.361 e. The van der Waals surface area contributed by atoms with E-state index in [4.69, 9.17) is 0 Å². The molecule has 112 valence electrons. The fourth-order valence-corrected chi connectivity index (χ4v) is 2.20. The molecular formula is C16H12F3N3. The number of hydrogen-bond acceptors (Lipinski definition) is 2. The van der Waals surface area contributed by atoms with Crippen LogP contribution in [0.5, 0.6) is 0 Å². The summed E-state index contributed by atoms with van der Waals surface area (Å²) in [5.41, 5.74) is 3.38. The maximum absolute atomic E-state index is 12.9. The summed E-state index contributed by atoms with van der Waals surface area (Å²) in [7, 11) is 0. The van der Waals surface area contributed by atoms with Crippen molar-refractivity contribution in [1.82, 2.24) is 4.98 Å². The molecule has 0 spiro atoms. The number of aromatic amines is 1. The van der Waals surface area contributed by atoms with E-state index in [1.165, 1.54) is 24.4 Å². The van der Waals surface area contributed by atoms with E-state index in [0.29, 0.717) is 0 Å². The number of rotatable bonds is 3. The molecule has 3 aromatic rings. The predicted molar refractivity (Wildman–Crippen MR) is 81.0 cm³/mol. The molecule has 3 rings (SSSR count). The second-order valence-electron chi connectivity index (χ2n) is 4.70. The number of nitrogens with one attached hydrogen (secondary N) is 2. The Kier molecular flexibility index (Phi) is 3.58. The molecule has 0 saturated carbocycles. The van der Waals surface area contributed by atoms with Gasteiger partial charge in [0, 0.05) is 22.7 Å². The first kappa shape index (κ1) is 14.2. The largest absolute Gasteiger partial charge is 0.418 e. The molecule has 6 heteroatoms. The Hall–Kier alpha value is -2.76. The Morgan fingerprint density at radius 3 is 2.55 bits per heavy atom. The van der Waals surface area contributed by atoms with Gasteiger partial charge in [0.2, 0.25) is 0 Å². The van der Waals surface area contributed by atoms with Gasteiger partial charge in [0.1, 0.15) is 0 Å². The van der Waals surface area contributed by atoms with Gasteiger partial charge in [0.25, 0.3) is 0 Å². The van der Waals surface area contributed by atoms with Crippen molar-refractivity contribution in [1.29, 1.82) is 0 Å².